The third-order valence-corrected chi connectivity index (χ3v) is 7.11. The Bertz CT molecular complexity index is 953. The summed E-state index contributed by atoms with van der Waals surface area (Å²) in [7, 11) is -3.57. The van der Waals surface area contributed by atoms with Gasteiger partial charge < -0.3 is 5.32 Å². The average molecular weight is 407 g/mol. The van der Waals surface area contributed by atoms with Crippen molar-refractivity contribution in [1.29, 1.82) is 0 Å². The fraction of sp³-hybridized carbons (Fsp3) is 0.350. The second kappa shape index (κ2) is 8.00. The number of amides is 1. The van der Waals surface area contributed by atoms with Crippen LogP contribution >= 0.6 is 11.6 Å². The number of nitrogens with zero attached hydrogens (tertiary/aromatic N) is 1. The zero-order valence-corrected chi connectivity index (χ0v) is 17.0. The van der Waals surface area contributed by atoms with Crippen LogP contribution in [-0.2, 0) is 10.0 Å². The molecule has 1 aliphatic heterocycles. The summed E-state index contributed by atoms with van der Waals surface area (Å²) in [4.78, 5) is 13.0. The molecule has 1 saturated heterocycles. The van der Waals surface area contributed by atoms with Gasteiger partial charge in [0, 0.05) is 23.7 Å². The number of sulfonamides is 1. The van der Waals surface area contributed by atoms with Crippen LogP contribution < -0.4 is 5.32 Å². The lowest BCUT2D eigenvalue weighted by Crippen LogP contribution is -2.30. The van der Waals surface area contributed by atoms with Gasteiger partial charge in [0.25, 0.3) is 5.91 Å². The Hall–Kier alpha value is -1.89. The summed E-state index contributed by atoms with van der Waals surface area (Å²) >= 11 is 6.20. The number of halogens is 1. The molecule has 1 aliphatic rings. The molecule has 1 amide bonds. The van der Waals surface area contributed by atoms with Gasteiger partial charge in [-0.3, -0.25) is 4.79 Å². The summed E-state index contributed by atoms with van der Waals surface area (Å²) in [6.07, 6.45) is 1.74. The van der Waals surface area contributed by atoms with Gasteiger partial charge in [0.15, 0.2) is 0 Å². The van der Waals surface area contributed by atoms with Gasteiger partial charge in [-0.1, -0.05) is 35.9 Å². The van der Waals surface area contributed by atoms with E-state index in [1.165, 1.54) is 10.4 Å². The first-order valence-electron chi connectivity index (χ1n) is 8.97. The minimum absolute atomic E-state index is 0.158. The highest BCUT2D eigenvalue weighted by Gasteiger charge is 2.28. The molecule has 1 N–H and O–H groups in total. The third-order valence-electron chi connectivity index (χ3n) is 4.88. The average Bonchev–Trinajstić information content (AvgIpc) is 3.17. The maximum Gasteiger partial charge on any atom is 0.252 e. The number of benzene rings is 2. The lowest BCUT2D eigenvalue weighted by molar-refractivity contribution is 0.0939. The Morgan fingerprint density at radius 1 is 1.15 bits per heavy atom. The molecule has 1 atom stereocenters. The predicted octanol–water partition coefficient (Wildman–Crippen LogP) is 3.92. The van der Waals surface area contributed by atoms with E-state index in [0.717, 1.165) is 24.0 Å². The van der Waals surface area contributed by atoms with Crippen molar-refractivity contribution in [2.24, 2.45) is 0 Å². The van der Waals surface area contributed by atoms with Crippen molar-refractivity contribution >= 4 is 27.5 Å². The molecule has 0 bridgehead atoms. The maximum atomic E-state index is 12.8. The SMILES string of the molecule is Cc1ccc(S(=O)(=O)N2CCCC2)cc1C(=O)N[C@H](C)c1ccccc1Cl. The minimum atomic E-state index is -3.57. The summed E-state index contributed by atoms with van der Waals surface area (Å²) in [6, 6.07) is 11.7. The molecule has 27 heavy (non-hydrogen) atoms. The first kappa shape index (κ1) is 19.9. The topological polar surface area (TPSA) is 66.5 Å². The van der Waals surface area contributed by atoms with E-state index in [1.807, 2.05) is 25.1 Å². The number of aryl methyl sites for hydroxylation is 1. The molecule has 2 aromatic rings. The van der Waals surface area contributed by atoms with Crippen LogP contribution in [0.5, 0.6) is 0 Å². The van der Waals surface area contributed by atoms with Gasteiger partial charge in [0.2, 0.25) is 10.0 Å². The molecule has 7 heteroatoms. The molecule has 0 spiro atoms. The molecular formula is C20H23ClN2O3S. The smallest absolute Gasteiger partial charge is 0.252 e. The van der Waals surface area contributed by atoms with E-state index in [2.05, 4.69) is 5.32 Å². The van der Waals surface area contributed by atoms with E-state index in [0.29, 0.717) is 23.7 Å². The lowest BCUT2D eigenvalue weighted by Gasteiger charge is -2.19. The Balaban J connectivity index is 1.86. The van der Waals surface area contributed by atoms with E-state index in [1.54, 1.807) is 25.1 Å². The van der Waals surface area contributed by atoms with E-state index in [4.69, 9.17) is 11.6 Å². The zero-order chi connectivity index (χ0) is 19.6. The number of hydrogen-bond acceptors (Lipinski definition) is 3. The summed E-state index contributed by atoms with van der Waals surface area (Å²) in [5, 5.41) is 3.49. The second-order valence-electron chi connectivity index (χ2n) is 6.80. The molecule has 1 heterocycles. The molecule has 0 unspecified atom stereocenters. The van der Waals surface area contributed by atoms with Crippen LogP contribution in [0.25, 0.3) is 0 Å². The molecule has 0 radical (unpaired) electrons. The van der Waals surface area contributed by atoms with Crippen molar-refractivity contribution in [3.63, 3.8) is 0 Å². The fourth-order valence-electron chi connectivity index (χ4n) is 3.26. The van der Waals surface area contributed by atoms with Crippen molar-refractivity contribution in [1.82, 2.24) is 9.62 Å². The number of rotatable bonds is 5. The van der Waals surface area contributed by atoms with Crippen LogP contribution in [0, 0.1) is 6.92 Å². The summed E-state index contributed by atoms with van der Waals surface area (Å²) in [5.41, 5.74) is 1.89. The van der Waals surface area contributed by atoms with Gasteiger partial charge >= 0.3 is 0 Å². The Morgan fingerprint density at radius 3 is 2.48 bits per heavy atom. The van der Waals surface area contributed by atoms with Gasteiger partial charge in [-0.25, -0.2) is 8.42 Å². The molecule has 0 saturated carbocycles. The van der Waals surface area contributed by atoms with Crippen molar-refractivity contribution in [3.05, 3.63) is 64.2 Å². The largest absolute Gasteiger partial charge is 0.345 e. The number of nitrogens with one attached hydrogen (secondary N) is 1. The van der Waals surface area contributed by atoms with E-state index in [9.17, 15) is 13.2 Å². The van der Waals surface area contributed by atoms with Gasteiger partial charge in [-0.15, -0.1) is 0 Å². The maximum absolute atomic E-state index is 12.8. The van der Waals surface area contributed by atoms with E-state index < -0.39 is 10.0 Å². The number of carbonyl (C=O) groups excluding carboxylic acids is 1. The summed E-state index contributed by atoms with van der Waals surface area (Å²) in [6.45, 7) is 4.70. The van der Waals surface area contributed by atoms with E-state index >= 15 is 0 Å². The highest BCUT2D eigenvalue weighted by molar-refractivity contribution is 7.89. The zero-order valence-electron chi connectivity index (χ0n) is 15.4. The van der Waals surface area contributed by atoms with Crippen molar-refractivity contribution in [2.75, 3.05) is 13.1 Å². The molecule has 144 valence electrons. The number of carbonyl (C=O) groups is 1. The quantitative estimate of drug-likeness (QED) is 0.818. The van der Waals surface area contributed by atoms with Crippen molar-refractivity contribution < 1.29 is 13.2 Å². The molecular weight excluding hydrogens is 384 g/mol. The molecule has 3 rings (SSSR count). The lowest BCUT2D eigenvalue weighted by atomic mass is 10.1. The second-order valence-corrected chi connectivity index (χ2v) is 9.15. The molecule has 5 nitrogen and oxygen atoms in total. The Morgan fingerprint density at radius 2 is 1.81 bits per heavy atom. The van der Waals surface area contributed by atoms with Gasteiger partial charge in [-0.05, 0) is 56.0 Å². The standard InChI is InChI=1S/C20H23ClN2O3S/c1-14-9-10-16(27(25,26)23-11-5-6-12-23)13-18(14)20(24)22-15(2)17-7-3-4-8-19(17)21/h3-4,7-10,13,15H,5-6,11-12H2,1-2H3,(H,22,24)/t15-/m1/s1. The van der Waals surface area contributed by atoms with Gasteiger partial charge in [0.05, 0.1) is 10.9 Å². The monoisotopic (exact) mass is 406 g/mol. The van der Waals surface area contributed by atoms with Crippen LogP contribution in [0.3, 0.4) is 0 Å². The summed E-state index contributed by atoms with van der Waals surface area (Å²) < 4.78 is 27.0. The van der Waals surface area contributed by atoms with Crippen LogP contribution in [0.15, 0.2) is 47.4 Å². The first-order chi connectivity index (χ1) is 12.8. The van der Waals surface area contributed by atoms with Crippen molar-refractivity contribution in [3.8, 4) is 0 Å². The minimum Gasteiger partial charge on any atom is -0.345 e. The molecule has 2 aromatic carbocycles. The molecule has 0 aromatic heterocycles. The van der Waals surface area contributed by atoms with Crippen LogP contribution in [-0.4, -0.2) is 31.7 Å². The normalized spacial score (nSPS) is 16.3. The Labute approximate surface area is 165 Å². The summed E-state index contributed by atoms with van der Waals surface area (Å²) in [5.74, 6) is -0.321. The molecule has 0 aliphatic carbocycles. The third kappa shape index (κ3) is 4.18. The van der Waals surface area contributed by atoms with Gasteiger partial charge in [-0.2, -0.15) is 4.31 Å². The van der Waals surface area contributed by atoms with Crippen LogP contribution in [0.2, 0.25) is 5.02 Å². The number of hydrogen-bond donors (Lipinski definition) is 1. The molecule has 1 fully saturated rings. The highest BCUT2D eigenvalue weighted by atomic mass is 35.5. The van der Waals surface area contributed by atoms with Gasteiger partial charge in [0.1, 0.15) is 0 Å². The van der Waals surface area contributed by atoms with Crippen molar-refractivity contribution in [2.45, 2.75) is 37.6 Å². The van der Waals surface area contributed by atoms with Crippen LogP contribution in [0.1, 0.15) is 47.3 Å². The predicted molar refractivity (Wildman–Crippen MR) is 107 cm³/mol. The van der Waals surface area contributed by atoms with Crippen LogP contribution in [0.4, 0.5) is 0 Å². The Kier molecular flexibility index (Phi) is 5.89. The van der Waals surface area contributed by atoms with E-state index in [-0.39, 0.29) is 16.8 Å². The highest BCUT2D eigenvalue weighted by Crippen LogP contribution is 2.25. The first-order valence-corrected chi connectivity index (χ1v) is 10.8. The fourth-order valence-corrected chi connectivity index (χ4v) is 5.11.